The third-order valence-corrected chi connectivity index (χ3v) is 6.49. The van der Waals surface area contributed by atoms with Crippen LogP contribution in [0.5, 0.6) is 5.75 Å². The average molecular weight is 491 g/mol. The molecule has 0 spiro atoms. The second kappa shape index (κ2) is 10.2. The standard InChI is InChI=1S/C28H38N6O2/c1-17-12-22-23(13-18(17)2)34(26(32-22)30-10-9-11-31-33-29)16-24(35)19-14-20(27(3,4)5)25(36)21(15-19)28(6,7)8/h12-15,36H,9-11,16H2,1-8H3,(H,30,32). The van der Waals surface area contributed by atoms with Gasteiger partial charge in [-0.1, -0.05) is 46.7 Å². The fourth-order valence-electron chi connectivity index (χ4n) is 4.24. The Morgan fingerprint density at radius 2 is 1.64 bits per heavy atom. The van der Waals surface area contributed by atoms with Crippen LogP contribution in [0.1, 0.15) is 80.6 Å². The molecule has 0 fully saturated rings. The van der Waals surface area contributed by atoms with Crippen LogP contribution in [0, 0.1) is 13.8 Å². The van der Waals surface area contributed by atoms with E-state index in [4.69, 9.17) is 10.5 Å². The zero-order valence-corrected chi connectivity index (χ0v) is 22.7. The van der Waals surface area contributed by atoms with E-state index in [1.807, 2.05) is 78.2 Å². The first-order chi connectivity index (χ1) is 16.7. The van der Waals surface area contributed by atoms with Gasteiger partial charge < -0.3 is 15.0 Å². The number of rotatable bonds is 8. The van der Waals surface area contributed by atoms with Crippen molar-refractivity contribution < 1.29 is 9.90 Å². The van der Waals surface area contributed by atoms with E-state index in [1.165, 1.54) is 0 Å². The number of carbonyl (C=O) groups is 1. The van der Waals surface area contributed by atoms with Crippen LogP contribution in [0.3, 0.4) is 0 Å². The van der Waals surface area contributed by atoms with Gasteiger partial charge in [0.2, 0.25) is 5.95 Å². The van der Waals surface area contributed by atoms with Crippen molar-refractivity contribution >= 4 is 22.8 Å². The first-order valence-corrected chi connectivity index (χ1v) is 12.4. The highest BCUT2D eigenvalue weighted by Gasteiger charge is 2.28. The zero-order valence-electron chi connectivity index (χ0n) is 22.7. The summed E-state index contributed by atoms with van der Waals surface area (Å²) in [4.78, 5) is 21.3. The smallest absolute Gasteiger partial charge is 0.204 e. The molecule has 0 unspecified atom stereocenters. The summed E-state index contributed by atoms with van der Waals surface area (Å²) in [6.07, 6.45) is 0.654. The van der Waals surface area contributed by atoms with Gasteiger partial charge in [0.05, 0.1) is 17.6 Å². The normalized spacial score (nSPS) is 12.0. The van der Waals surface area contributed by atoms with Crippen LogP contribution in [-0.4, -0.2) is 33.5 Å². The molecule has 0 aliphatic heterocycles. The number of aromatic hydroxyl groups is 1. The lowest BCUT2D eigenvalue weighted by Crippen LogP contribution is -2.20. The minimum absolute atomic E-state index is 0.0549. The first kappa shape index (κ1) is 27.1. The van der Waals surface area contributed by atoms with Crippen LogP contribution < -0.4 is 5.32 Å². The monoisotopic (exact) mass is 490 g/mol. The SMILES string of the molecule is Cc1cc2nc(NCCCN=[N+]=[N-])n(CC(=O)c3cc(C(C)(C)C)c(O)c(C(C)(C)C)c3)c2cc1C. The summed E-state index contributed by atoms with van der Waals surface area (Å²) < 4.78 is 1.91. The van der Waals surface area contributed by atoms with Crippen LogP contribution in [0.15, 0.2) is 29.4 Å². The molecule has 3 rings (SSSR count). The van der Waals surface area contributed by atoms with Gasteiger partial charge in [0.15, 0.2) is 5.78 Å². The minimum Gasteiger partial charge on any atom is -0.507 e. The molecule has 3 aromatic rings. The molecular weight excluding hydrogens is 452 g/mol. The van der Waals surface area contributed by atoms with Gasteiger partial charge in [-0.05, 0) is 72.0 Å². The Morgan fingerprint density at radius 1 is 1.06 bits per heavy atom. The Bertz CT molecular complexity index is 1300. The number of anilines is 1. The second-order valence-electron chi connectivity index (χ2n) is 11.5. The lowest BCUT2D eigenvalue weighted by molar-refractivity contribution is 0.0973. The molecule has 8 heteroatoms. The van der Waals surface area contributed by atoms with Crippen molar-refractivity contribution in [3.63, 3.8) is 0 Å². The Hall–Kier alpha value is -3.51. The van der Waals surface area contributed by atoms with Gasteiger partial charge >= 0.3 is 0 Å². The lowest BCUT2D eigenvalue weighted by Gasteiger charge is -2.28. The number of imidazole rings is 1. The second-order valence-corrected chi connectivity index (χ2v) is 11.5. The number of Topliss-reactive ketones (excluding diaryl/α,β-unsaturated/α-hetero) is 1. The van der Waals surface area contributed by atoms with E-state index in [2.05, 4.69) is 21.4 Å². The Morgan fingerprint density at radius 3 is 2.19 bits per heavy atom. The highest BCUT2D eigenvalue weighted by molar-refractivity contribution is 5.98. The summed E-state index contributed by atoms with van der Waals surface area (Å²) in [7, 11) is 0. The van der Waals surface area contributed by atoms with Crippen LogP contribution in [0.25, 0.3) is 21.5 Å². The number of nitrogens with one attached hydrogen (secondary N) is 1. The summed E-state index contributed by atoms with van der Waals surface area (Å²) in [6.45, 7) is 17.4. The molecule has 1 heterocycles. The van der Waals surface area contributed by atoms with Crippen molar-refractivity contribution in [1.29, 1.82) is 0 Å². The Kier molecular flexibility index (Phi) is 7.70. The van der Waals surface area contributed by atoms with Gasteiger partial charge in [0.1, 0.15) is 5.75 Å². The van der Waals surface area contributed by atoms with E-state index >= 15 is 0 Å². The maximum Gasteiger partial charge on any atom is 0.204 e. The number of ketones is 1. The minimum atomic E-state index is -0.324. The van der Waals surface area contributed by atoms with Crippen molar-refractivity contribution in [1.82, 2.24) is 9.55 Å². The molecule has 0 aliphatic rings. The van der Waals surface area contributed by atoms with Gasteiger partial charge in [0.25, 0.3) is 0 Å². The highest BCUT2D eigenvalue weighted by atomic mass is 16.3. The molecule has 192 valence electrons. The molecule has 0 amide bonds. The van der Waals surface area contributed by atoms with Gasteiger partial charge in [-0.2, -0.15) is 0 Å². The van der Waals surface area contributed by atoms with E-state index in [1.54, 1.807) is 0 Å². The van der Waals surface area contributed by atoms with Crippen molar-refractivity contribution in [2.24, 2.45) is 5.11 Å². The average Bonchev–Trinajstić information content (AvgIpc) is 3.08. The van der Waals surface area contributed by atoms with Crippen molar-refractivity contribution in [2.75, 3.05) is 18.4 Å². The Labute approximate surface area is 213 Å². The topological polar surface area (TPSA) is 116 Å². The molecule has 0 atom stereocenters. The highest BCUT2D eigenvalue weighted by Crippen LogP contribution is 2.40. The predicted molar refractivity (Wildman–Crippen MR) is 146 cm³/mol. The summed E-state index contributed by atoms with van der Waals surface area (Å²) >= 11 is 0. The number of hydrogen-bond acceptors (Lipinski definition) is 5. The zero-order chi connectivity index (χ0) is 26.8. The molecule has 2 aromatic carbocycles. The summed E-state index contributed by atoms with van der Waals surface area (Å²) in [5.41, 5.74) is 13.9. The van der Waals surface area contributed by atoms with E-state index < -0.39 is 0 Å². The van der Waals surface area contributed by atoms with Gasteiger partial charge in [0, 0.05) is 34.7 Å². The van der Waals surface area contributed by atoms with Crippen molar-refractivity contribution in [3.8, 4) is 5.75 Å². The molecule has 0 bridgehead atoms. The molecule has 0 saturated heterocycles. The fraction of sp³-hybridized carbons (Fsp3) is 0.500. The molecule has 1 aromatic heterocycles. The van der Waals surface area contributed by atoms with Crippen LogP contribution >= 0.6 is 0 Å². The number of nitrogens with zero attached hydrogens (tertiary/aromatic N) is 5. The largest absolute Gasteiger partial charge is 0.507 e. The predicted octanol–water partition coefficient (Wildman–Crippen LogP) is 6.95. The maximum atomic E-state index is 13.7. The van der Waals surface area contributed by atoms with Crippen LogP contribution in [-0.2, 0) is 17.4 Å². The molecule has 0 aliphatic carbocycles. The van der Waals surface area contributed by atoms with Gasteiger partial charge in [-0.15, -0.1) is 0 Å². The number of aryl methyl sites for hydroxylation is 2. The molecular formula is C28H38N6O2. The molecule has 2 N–H and O–H groups in total. The lowest BCUT2D eigenvalue weighted by atomic mass is 9.78. The number of azide groups is 1. The molecule has 36 heavy (non-hydrogen) atoms. The van der Waals surface area contributed by atoms with Gasteiger partial charge in [-0.3, -0.25) is 4.79 Å². The quantitative estimate of drug-likeness (QED) is 0.117. The van der Waals surface area contributed by atoms with E-state index in [9.17, 15) is 9.90 Å². The number of carbonyl (C=O) groups excluding carboxylic acids is 1. The van der Waals surface area contributed by atoms with Crippen molar-refractivity contribution in [3.05, 3.63) is 62.5 Å². The van der Waals surface area contributed by atoms with Crippen molar-refractivity contribution in [2.45, 2.75) is 79.2 Å². The van der Waals surface area contributed by atoms with Gasteiger partial charge in [-0.25, -0.2) is 4.98 Å². The number of benzene rings is 2. The third kappa shape index (κ3) is 5.82. The summed E-state index contributed by atoms with van der Waals surface area (Å²) in [5.74, 6) is 0.809. The van der Waals surface area contributed by atoms with Crippen LogP contribution in [0.4, 0.5) is 5.95 Å². The summed E-state index contributed by atoms with van der Waals surface area (Å²) in [5, 5.41) is 18.0. The van der Waals surface area contributed by atoms with Crippen LogP contribution in [0.2, 0.25) is 0 Å². The number of fused-ring (bicyclic) bond motifs is 1. The fourth-order valence-corrected chi connectivity index (χ4v) is 4.24. The number of aromatic nitrogens is 2. The number of hydrogen-bond donors (Lipinski definition) is 2. The number of phenols is 1. The van der Waals surface area contributed by atoms with E-state index in [0.29, 0.717) is 31.0 Å². The molecule has 0 saturated carbocycles. The molecule has 8 nitrogen and oxygen atoms in total. The third-order valence-electron chi connectivity index (χ3n) is 6.49. The molecule has 0 radical (unpaired) electrons. The maximum absolute atomic E-state index is 13.7. The van der Waals surface area contributed by atoms with E-state index in [-0.39, 0.29) is 28.9 Å². The first-order valence-electron chi connectivity index (χ1n) is 12.4. The number of phenolic OH excluding ortho intramolecular Hbond substituents is 1. The summed E-state index contributed by atoms with van der Waals surface area (Å²) in [6, 6.07) is 7.75. The Balaban J connectivity index is 2.06. The van der Waals surface area contributed by atoms with E-state index in [0.717, 1.165) is 33.3 Å².